The standard InChI is InChI=1S/C30H35N3O6S/c1-21-8-11-24(12-9-21)40(36,37)33-18-15-23(16-19-33)29(34)32-26-7-5-4-6-25(26)30(35)31-17-14-22-10-13-27(38-2)28(20-22)39-3/h4-13,20,23H,14-19H2,1-3H3,(H,31,35)(H,32,34). The number of sulfonamides is 1. The summed E-state index contributed by atoms with van der Waals surface area (Å²) in [6.07, 6.45) is 1.39. The van der Waals surface area contributed by atoms with E-state index in [0.29, 0.717) is 48.6 Å². The fourth-order valence-electron chi connectivity index (χ4n) is 4.69. The molecule has 0 radical (unpaired) electrons. The molecule has 1 aliphatic heterocycles. The molecule has 3 aromatic carbocycles. The molecule has 212 valence electrons. The van der Waals surface area contributed by atoms with Gasteiger partial charge in [0, 0.05) is 25.6 Å². The lowest BCUT2D eigenvalue weighted by Crippen LogP contribution is -2.41. The lowest BCUT2D eigenvalue weighted by molar-refractivity contribution is -0.120. The van der Waals surface area contributed by atoms with E-state index in [1.54, 1.807) is 62.8 Å². The summed E-state index contributed by atoms with van der Waals surface area (Å²) in [6, 6.07) is 19.2. The van der Waals surface area contributed by atoms with Gasteiger partial charge in [-0.3, -0.25) is 9.59 Å². The Kier molecular flexibility index (Phi) is 9.44. The molecule has 0 bridgehead atoms. The Bertz CT molecular complexity index is 1450. The zero-order valence-electron chi connectivity index (χ0n) is 23.0. The molecule has 9 nitrogen and oxygen atoms in total. The molecule has 4 rings (SSSR count). The highest BCUT2D eigenvalue weighted by molar-refractivity contribution is 7.89. The normalized spacial score (nSPS) is 14.4. The number of nitrogens with zero attached hydrogens (tertiary/aromatic N) is 1. The molecule has 0 spiro atoms. The number of methoxy groups -OCH3 is 2. The van der Waals surface area contributed by atoms with E-state index in [1.807, 2.05) is 25.1 Å². The van der Waals surface area contributed by atoms with Crippen LogP contribution in [0.1, 0.15) is 34.3 Å². The number of ether oxygens (including phenoxy) is 2. The number of piperidine rings is 1. The molecule has 1 heterocycles. The maximum atomic E-state index is 13.1. The highest BCUT2D eigenvalue weighted by atomic mass is 32.2. The molecule has 1 aliphatic rings. The number of carbonyl (C=O) groups is 2. The number of benzene rings is 3. The minimum Gasteiger partial charge on any atom is -0.493 e. The van der Waals surface area contributed by atoms with E-state index in [-0.39, 0.29) is 35.7 Å². The highest BCUT2D eigenvalue weighted by Crippen LogP contribution is 2.28. The first kappa shape index (κ1) is 29.1. The molecule has 10 heteroatoms. The van der Waals surface area contributed by atoms with Gasteiger partial charge in [0.25, 0.3) is 5.91 Å². The Hall–Kier alpha value is -3.89. The molecular weight excluding hydrogens is 530 g/mol. The maximum absolute atomic E-state index is 13.1. The second-order valence-corrected chi connectivity index (χ2v) is 11.7. The molecule has 2 amide bonds. The van der Waals surface area contributed by atoms with Gasteiger partial charge in [-0.05, 0) is 68.1 Å². The van der Waals surface area contributed by atoms with Crippen molar-refractivity contribution in [2.75, 3.05) is 39.2 Å². The number of rotatable bonds is 10. The van der Waals surface area contributed by atoms with Crippen molar-refractivity contribution in [3.05, 3.63) is 83.4 Å². The van der Waals surface area contributed by atoms with Crippen molar-refractivity contribution in [1.82, 2.24) is 9.62 Å². The van der Waals surface area contributed by atoms with Crippen molar-refractivity contribution in [1.29, 1.82) is 0 Å². The lowest BCUT2D eigenvalue weighted by Gasteiger charge is -2.30. The van der Waals surface area contributed by atoms with Gasteiger partial charge >= 0.3 is 0 Å². The number of anilines is 1. The average molecular weight is 566 g/mol. The molecule has 3 aromatic rings. The van der Waals surface area contributed by atoms with Gasteiger partial charge in [-0.25, -0.2) is 8.42 Å². The Morgan fingerprint density at radius 2 is 1.60 bits per heavy atom. The lowest BCUT2D eigenvalue weighted by atomic mass is 9.97. The average Bonchev–Trinajstić information content (AvgIpc) is 2.97. The fourth-order valence-corrected chi connectivity index (χ4v) is 6.16. The van der Waals surface area contributed by atoms with Crippen LogP contribution < -0.4 is 20.1 Å². The van der Waals surface area contributed by atoms with Crippen LogP contribution in [-0.4, -0.2) is 58.4 Å². The van der Waals surface area contributed by atoms with Crippen molar-refractivity contribution >= 4 is 27.5 Å². The SMILES string of the molecule is COc1ccc(CCNC(=O)c2ccccc2NC(=O)C2CCN(S(=O)(=O)c3ccc(C)cc3)CC2)cc1OC. The van der Waals surface area contributed by atoms with Crippen molar-refractivity contribution in [2.45, 2.75) is 31.1 Å². The molecule has 1 saturated heterocycles. The zero-order chi connectivity index (χ0) is 28.7. The van der Waals surface area contributed by atoms with Crippen LogP contribution in [0, 0.1) is 12.8 Å². The van der Waals surface area contributed by atoms with Crippen LogP contribution in [0.2, 0.25) is 0 Å². The van der Waals surface area contributed by atoms with E-state index >= 15 is 0 Å². The summed E-state index contributed by atoms with van der Waals surface area (Å²) in [5.74, 6) is 0.385. The highest BCUT2D eigenvalue weighted by Gasteiger charge is 2.32. The molecule has 0 unspecified atom stereocenters. The van der Waals surface area contributed by atoms with Crippen molar-refractivity contribution < 1.29 is 27.5 Å². The third kappa shape index (κ3) is 6.81. The van der Waals surface area contributed by atoms with E-state index in [9.17, 15) is 18.0 Å². The molecule has 0 aliphatic carbocycles. The van der Waals surface area contributed by atoms with Crippen LogP contribution in [-0.2, 0) is 21.2 Å². The number of hydrogen-bond donors (Lipinski definition) is 2. The third-order valence-electron chi connectivity index (χ3n) is 7.06. The van der Waals surface area contributed by atoms with Crippen molar-refractivity contribution in [2.24, 2.45) is 5.92 Å². The summed E-state index contributed by atoms with van der Waals surface area (Å²) in [7, 11) is -0.454. The number of amides is 2. The summed E-state index contributed by atoms with van der Waals surface area (Å²) in [4.78, 5) is 26.3. The van der Waals surface area contributed by atoms with E-state index in [4.69, 9.17) is 9.47 Å². The molecule has 0 aromatic heterocycles. The minimum atomic E-state index is -3.61. The van der Waals surface area contributed by atoms with Gasteiger partial charge < -0.3 is 20.1 Å². The second-order valence-electron chi connectivity index (χ2n) is 9.72. The number of carbonyl (C=O) groups excluding carboxylic acids is 2. The summed E-state index contributed by atoms with van der Waals surface area (Å²) < 4.78 is 38.0. The van der Waals surface area contributed by atoms with Crippen LogP contribution in [0.15, 0.2) is 71.6 Å². The molecule has 0 atom stereocenters. The van der Waals surface area contributed by atoms with Gasteiger partial charge in [-0.15, -0.1) is 0 Å². The van der Waals surface area contributed by atoms with Crippen molar-refractivity contribution in [3.63, 3.8) is 0 Å². The topological polar surface area (TPSA) is 114 Å². The molecule has 40 heavy (non-hydrogen) atoms. The Morgan fingerprint density at radius 3 is 2.27 bits per heavy atom. The van der Waals surface area contributed by atoms with Crippen LogP contribution in [0.4, 0.5) is 5.69 Å². The van der Waals surface area contributed by atoms with Gasteiger partial charge in [0.15, 0.2) is 11.5 Å². The quantitative estimate of drug-likeness (QED) is 0.384. The molecule has 2 N–H and O–H groups in total. The first-order valence-electron chi connectivity index (χ1n) is 13.2. The van der Waals surface area contributed by atoms with Crippen molar-refractivity contribution in [3.8, 4) is 11.5 Å². The van der Waals surface area contributed by atoms with E-state index in [1.165, 1.54) is 4.31 Å². The number of para-hydroxylation sites is 1. The van der Waals surface area contributed by atoms with Gasteiger partial charge in [-0.1, -0.05) is 35.9 Å². The monoisotopic (exact) mass is 565 g/mol. The Morgan fingerprint density at radius 1 is 0.925 bits per heavy atom. The van der Waals surface area contributed by atoms with Gasteiger partial charge in [0.05, 0.1) is 30.4 Å². The van der Waals surface area contributed by atoms with Crippen LogP contribution in [0.25, 0.3) is 0 Å². The molecule has 1 fully saturated rings. The zero-order valence-corrected chi connectivity index (χ0v) is 23.8. The first-order chi connectivity index (χ1) is 19.2. The molecular formula is C30H35N3O6S. The van der Waals surface area contributed by atoms with Gasteiger partial charge in [0.1, 0.15) is 0 Å². The van der Waals surface area contributed by atoms with E-state index in [0.717, 1.165) is 11.1 Å². The minimum absolute atomic E-state index is 0.224. The predicted octanol–water partition coefficient (Wildman–Crippen LogP) is 4.02. The van der Waals surface area contributed by atoms with E-state index in [2.05, 4.69) is 10.6 Å². The first-order valence-corrected chi connectivity index (χ1v) is 14.6. The largest absolute Gasteiger partial charge is 0.493 e. The fraction of sp³-hybridized carbons (Fsp3) is 0.333. The van der Waals surface area contributed by atoms with Crippen LogP contribution in [0.3, 0.4) is 0 Å². The number of hydrogen-bond acceptors (Lipinski definition) is 6. The Labute approximate surface area is 235 Å². The van der Waals surface area contributed by atoms with Gasteiger partial charge in [-0.2, -0.15) is 4.31 Å². The summed E-state index contributed by atoms with van der Waals surface area (Å²) in [6.45, 7) is 2.81. The van der Waals surface area contributed by atoms with Crippen LogP contribution >= 0.6 is 0 Å². The van der Waals surface area contributed by atoms with Crippen LogP contribution in [0.5, 0.6) is 11.5 Å². The predicted molar refractivity (Wildman–Crippen MR) is 153 cm³/mol. The number of aryl methyl sites for hydroxylation is 1. The number of nitrogens with one attached hydrogen (secondary N) is 2. The Balaban J connectivity index is 1.32. The van der Waals surface area contributed by atoms with Gasteiger partial charge in [0.2, 0.25) is 15.9 Å². The summed E-state index contributed by atoms with van der Waals surface area (Å²) >= 11 is 0. The van der Waals surface area contributed by atoms with E-state index < -0.39 is 10.0 Å². The second kappa shape index (κ2) is 13.0. The third-order valence-corrected chi connectivity index (χ3v) is 8.97. The summed E-state index contributed by atoms with van der Waals surface area (Å²) in [5, 5.41) is 5.80. The molecule has 0 saturated carbocycles. The smallest absolute Gasteiger partial charge is 0.253 e. The maximum Gasteiger partial charge on any atom is 0.253 e. The summed E-state index contributed by atoms with van der Waals surface area (Å²) in [5.41, 5.74) is 2.75.